The zero-order valence-electron chi connectivity index (χ0n) is 19.7. The minimum Gasteiger partial charge on any atom is -0.472 e. The number of cyclic esters (lactones) is 1. The Hall–Kier alpha value is -2.45. The summed E-state index contributed by atoms with van der Waals surface area (Å²) in [5.41, 5.74) is -3.18. The van der Waals surface area contributed by atoms with Gasteiger partial charge in [-0.2, -0.15) is 0 Å². The fourth-order valence-corrected chi connectivity index (χ4v) is 8.86. The highest BCUT2D eigenvalue weighted by Gasteiger charge is 2.89. The summed E-state index contributed by atoms with van der Waals surface area (Å²) in [5.74, 6) is -1.19. The van der Waals surface area contributed by atoms with E-state index in [9.17, 15) is 14.4 Å². The van der Waals surface area contributed by atoms with E-state index >= 15 is 0 Å². The second-order valence-corrected chi connectivity index (χ2v) is 11.8. The van der Waals surface area contributed by atoms with Gasteiger partial charge in [0.15, 0.2) is 6.10 Å². The van der Waals surface area contributed by atoms with Gasteiger partial charge in [-0.05, 0) is 45.6 Å². The van der Waals surface area contributed by atoms with Crippen LogP contribution in [-0.4, -0.2) is 41.3 Å². The van der Waals surface area contributed by atoms with E-state index < -0.39 is 57.9 Å². The van der Waals surface area contributed by atoms with Crippen LogP contribution in [0.25, 0.3) is 0 Å². The van der Waals surface area contributed by atoms with Gasteiger partial charge in [-0.3, -0.25) is 4.79 Å². The number of hydrogen-bond acceptors (Lipinski definition) is 8. The van der Waals surface area contributed by atoms with Crippen molar-refractivity contribution >= 4 is 17.7 Å². The normalized spacial score (nSPS) is 51.9. The monoisotopic (exact) mass is 468 g/mol. The molecule has 5 heterocycles. The molecule has 7 rings (SSSR count). The zero-order chi connectivity index (χ0) is 23.9. The SMILES string of the molecule is CC1(C)OC2OC(=O)C=CC23C1CC(=O)C1(C)C3CCC2(C)C(c3ccoc3)OC(=O)C3OC321. The van der Waals surface area contributed by atoms with Crippen molar-refractivity contribution in [2.45, 2.75) is 76.7 Å². The van der Waals surface area contributed by atoms with Gasteiger partial charge in [-0.15, -0.1) is 0 Å². The average Bonchev–Trinajstić information content (AvgIpc) is 3.26. The molecule has 6 aliphatic rings. The van der Waals surface area contributed by atoms with Gasteiger partial charge in [-0.1, -0.05) is 13.0 Å². The van der Waals surface area contributed by atoms with Gasteiger partial charge in [0.25, 0.3) is 0 Å². The van der Waals surface area contributed by atoms with E-state index in [1.807, 2.05) is 26.8 Å². The van der Waals surface area contributed by atoms with Gasteiger partial charge >= 0.3 is 11.9 Å². The molecule has 8 heteroatoms. The van der Waals surface area contributed by atoms with Crippen molar-refractivity contribution in [2.24, 2.45) is 28.1 Å². The summed E-state index contributed by atoms with van der Waals surface area (Å²) in [5, 5.41) is 0. The van der Waals surface area contributed by atoms with Gasteiger partial charge in [0.2, 0.25) is 6.29 Å². The molecule has 1 aromatic rings. The number of hydrogen-bond donors (Lipinski definition) is 0. The molecule has 2 saturated carbocycles. The van der Waals surface area contributed by atoms with Crippen molar-refractivity contribution in [1.82, 2.24) is 0 Å². The molecule has 3 saturated heterocycles. The number of ketones is 1. The molecule has 2 spiro atoms. The Morgan fingerprint density at radius 3 is 2.50 bits per heavy atom. The molecule has 9 atom stereocenters. The van der Waals surface area contributed by atoms with Crippen LogP contribution in [0.1, 0.15) is 58.6 Å². The van der Waals surface area contributed by atoms with Crippen LogP contribution in [0, 0.1) is 28.1 Å². The highest BCUT2D eigenvalue weighted by atomic mass is 16.7. The minimum atomic E-state index is -1.01. The summed E-state index contributed by atoms with van der Waals surface area (Å²) >= 11 is 0. The van der Waals surface area contributed by atoms with Gasteiger partial charge in [0.05, 0.1) is 29.0 Å². The Morgan fingerprint density at radius 2 is 1.76 bits per heavy atom. The number of carbonyl (C=O) groups excluding carboxylic acids is 3. The first-order valence-corrected chi connectivity index (χ1v) is 12.0. The largest absolute Gasteiger partial charge is 0.472 e. The number of ether oxygens (including phenoxy) is 4. The molecule has 180 valence electrons. The Bertz CT molecular complexity index is 1170. The summed E-state index contributed by atoms with van der Waals surface area (Å²) < 4.78 is 29.6. The molecule has 5 fully saturated rings. The van der Waals surface area contributed by atoms with E-state index in [2.05, 4.69) is 6.92 Å². The summed E-state index contributed by atoms with van der Waals surface area (Å²) in [6, 6.07) is 1.80. The summed E-state index contributed by atoms with van der Waals surface area (Å²) in [4.78, 5) is 39.5. The van der Waals surface area contributed by atoms with Crippen LogP contribution < -0.4 is 0 Å². The fraction of sp³-hybridized carbons (Fsp3) is 0.654. The van der Waals surface area contributed by atoms with Gasteiger partial charge in [-0.25, -0.2) is 9.59 Å². The summed E-state index contributed by atoms with van der Waals surface area (Å²) in [6.07, 6.45) is 6.02. The number of rotatable bonds is 1. The lowest BCUT2D eigenvalue weighted by Gasteiger charge is -2.64. The van der Waals surface area contributed by atoms with Gasteiger partial charge in [0, 0.05) is 29.4 Å². The van der Waals surface area contributed by atoms with E-state index in [1.165, 1.54) is 6.08 Å². The van der Waals surface area contributed by atoms with Crippen molar-refractivity contribution in [3.05, 3.63) is 36.3 Å². The Balaban J connectivity index is 1.43. The van der Waals surface area contributed by atoms with Crippen LogP contribution in [0.4, 0.5) is 0 Å². The standard InChI is InChI=1S/C26H28O8/c1-22(2)15-11-16(27)24(4)14(25(15)9-6-17(28)31-21(25)34-22)5-8-23(3)18(13-7-10-30-12-13)32-20(29)19-26(23,24)33-19/h6-7,9-10,12,14-15,18-19,21H,5,8,11H2,1-4H3. The molecule has 0 amide bonds. The molecule has 8 nitrogen and oxygen atoms in total. The molecule has 0 radical (unpaired) electrons. The topological polar surface area (TPSA) is 105 Å². The third-order valence-corrected chi connectivity index (χ3v) is 10.3. The van der Waals surface area contributed by atoms with E-state index in [-0.39, 0.29) is 24.0 Å². The van der Waals surface area contributed by atoms with Crippen molar-refractivity contribution in [1.29, 1.82) is 0 Å². The second-order valence-electron chi connectivity index (χ2n) is 11.8. The second kappa shape index (κ2) is 5.85. The van der Waals surface area contributed by atoms with Crippen LogP contribution in [0.2, 0.25) is 0 Å². The molecular weight excluding hydrogens is 440 g/mol. The zero-order valence-corrected chi connectivity index (χ0v) is 19.7. The third-order valence-electron chi connectivity index (χ3n) is 10.3. The Kier molecular flexibility index (Phi) is 3.59. The minimum absolute atomic E-state index is 0.0739. The molecule has 9 unspecified atom stereocenters. The number of esters is 2. The first kappa shape index (κ1) is 20.9. The Morgan fingerprint density at radius 1 is 0.971 bits per heavy atom. The van der Waals surface area contributed by atoms with Crippen LogP contribution in [0.15, 0.2) is 35.2 Å². The highest BCUT2D eigenvalue weighted by Crippen LogP contribution is 2.79. The number of carbonyl (C=O) groups is 3. The maximum atomic E-state index is 14.2. The van der Waals surface area contributed by atoms with Crippen molar-refractivity contribution in [3.63, 3.8) is 0 Å². The van der Waals surface area contributed by atoms with E-state index in [0.29, 0.717) is 12.8 Å². The molecular formula is C26H28O8. The molecule has 0 N–H and O–H groups in total. The number of fused-ring (bicyclic) bond motifs is 1. The first-order valence-electron chi connectivity index (χ1n) is 12.0. The van der Waals surface area contributed by atoms with Crippen LogP contribution >= 0.6 is 0 Å². The maximum Gasteiger partial charge on any atom is 0.339 e. The molecule has 0 bridgehead atoms. The average molecular weight is 469 g/mol. The Labute approximate surface area is 196 Å². The van der Waals surface area contributed by atoms with Crippen molar-refractivity contribution in [3.8, 4) is 0 Å². The number of epoxide rings is 1. The van der Waals surface area contributed by atoms with Crippen molar-refractivity contribution < 1.29 is 37.7 Å². The van der Waals surface area contributed by atoms with E-state index in [4.69, 9.17) is 23.4 Å². The smallest absolute Gasteiger partial charge is 0.339 e. The maximum absolute atomic E-state index is 14.2. The van der Waals surface area contributed by atoms with Crippen LogP contribution in [0.3, 0.4) is 0 Å². The predicted octanol–water partition coefficient (Wildman–Crippen LogP) is 3.26. The quantitative estimate of drug-likeness (QED) is 0.457. The highest BCUT2D eigenvalue weighted by molar-refractivity contribution is 5.93. The molecule has 1 aromatic heterocycles. The molecule has 2 aliphatic carbocycles. The summed E-state index contributed by atoms with van der Waals surface area (Å²) in [7, 11) is 0. The third kappa shape index (κ3) is 1.97. The van der Waals surface area contributed by atoms with Crippen molar-refractivity contribution in [2.75, 3.05) is 0 Å². The first-order chi connectivity index (χ1) is 16.0. The summed E-state index contributed by atoms with van der Waals surface area (Å²) in [6.45, 7) is 7.95. The van der Waals surface area contributed by atoms with Crippen LogP contribution in [-0.2, 0) is 33.3 Å². The lowest BCUT2D eigenvalue weighted by molar-refractivity contribution is -0.229. The predicted molar refractivity (Wildman–Crippen MR) is 114 cm³/mol. The number of furan rings is 1. The molecule has 0 aromatic carbocycles. The molecule has 34 heavy (non-hydrogen) atoms. The van der Waals surface area contributed by atoms with Crippen LogP contribution in [0.5, 0.6) is 0 Å². The van der Waals surface area contributed by atoms with E-state index in [1.54, 1.807) is 18.6 Å². The van der Waals surface area contributed by atoms with Gasteiger partial charge in [0.1, 0.15) is 17.5 Å². The van der Waals surface area contributed by atoms with E-state index in [0.717, 1.165) is 5.56 Å². The van der Waals surface area contributed by atoms with Gasteiger partial charge < -0.3 is 23.4 Å². The fourth-order valence-electron chi connectivity index (χ4n) is 8.86. The number of Topliss-reactive ketones (excluding diaryl/α,β-unsaturated/α-hetero) is 1. The lowest BCUT2D eigenvalue weighted by atomic mass is 9.37. The lowest BCUT2D eigenvalue weighted by Crippen LogP contribution is -2.71. The molecule has 4 aliphatic heterocycles.